The van der Waals surface area contributed by atoms with Crippen molar-refractivity contribution in [1.82, 2.24) is 9.97 Å². The number of aromatic nitrogens is 2. The van der Waals surface area contributed by atoms with Crippen molar-refractivity contribution in [2.75, 3.05) is 19.1 Å². The van der Waals surface area contributed by atoms with Gasteiger partial charge in [0.25, 0.3) is 0 Å². The highest BCUT2D eigenvalue weighted by molar-refractivity contribution is 7.18. The Morgan fingerprint density at radius 1 is 1.15 bits per heavy atom. The molecule has 0 saturated carbocycles. The predicted molar refractivity (Wildman–Crippen MR) is 83.2 cm³/mol. The van der Waals surface area contributed by atoms with Crippen LogP contribution in [0.25, 0.3) is 10.2 Å². The van der Waals surface area contributed by atoms with E-state index in [0.717, 1.165) is 27.5 Å². The summed E-state index contributed by atoms with van der Waals surface area (Å²) in [6, 6.07) is 10.1. The maximum atomic E-state index is 5.19. The number of hydrogen-bond donors (Lipinski definition) is 0. The SMILES string of the molecule is COc1ccc(N(C)c2ncnc3sc(C)cc23)cc1. The second-order valence-electron chi connectivity index (χ2n) is 4.53. The van der Waals surface area contributed by atoms with Crippen LogP contribution in [0.2, 0.25) is 0 Å². The molecule has 0 N–H and O–H groups in total. The smallest absolute Gasteiger partial charge is 0.144 e. The first-order chi connectivity index (χ1) is 9.69. The molecule has 20 heavy (non-hydrogen) atoms. The molecule has 0 atom stereocenters. The Morgan fingerprint density at radius 2 is 1.90 bits per heavy atom. The molecule has 0 aliphatic rings. The molecule has 5 heteroatoms. The fourth-order valence-electron chi connectivity index (χ4n) is 2.16. The van der Waals surface area contributed by atoms with E-state index in [9.17, 15) is 0 Å². The van der Waals surface area contributed by atoms with Crippen LogP contribution in [-0.2, 0) is 0 Å². The van der Waals surface area contributed by atoms with Gasteiger partial charge in [-0.1, -0.05) is 0 Å². The van der Waals surface area contributed by atoms with Crippen LogP contribution >= 0.6 is 11.3 Å². The summed E-state index contributed by atoms with van der Waals surface area (Å²) in [5.74, 6) is 1.77. The van der Waals surface area contributed by atoms with E-state index in [1.54, 1.807) is 24.8 Å². The highest BCUT2D eigenvalue weighted by Crippen LogP contribution is 2.32. The number of aryl methyl sites for hydroxylation is 1. The van der Waals surface area contributed by atoms with Crippen LogP contribution < -0.4 is 9.64 Å². The first kappa shape index (κ1) is 12.9. The number of nitrogens with zero attached hydrogens (tertiary/aromatic N) is 3. The lowest BCUT2D eigenvalue weighted by Crippen LogP contribution is -2.11. The van der Waals surface area contributed by atoms with Gasteiger partial charge in [-0.2, -0.15) is 0 Å². The van der Waals surface area contributed by atoms with Crippen LogP contribution in [0.5, 0.6) is 5.75 Å². The van der Waals surface area contributed by atoms with Crippen molar-refractivity contribution in [3.05, 3.63) is 41.5 Å². The molecule has 0 aliphatic carbocycles. The summed E-state index contributed by atoms with van der Waals surface area (Å²) in [4.78, 5) is 13.1. The van der Waals surface area contributed by atoms with Gasteiger partial charge in [-0.05, 0) is 37.3 Å². The summed E-state index contributed by atoms with van der Waals surface area (Å²) >= 11 is 1.69. The molecule has 2 aromatic heterocycles. The third-order valence-corrected chi connectivity index (χ3v) is 4.17. The molecule has 3 aromatic rings. The van der Waals surface area contributed by atoms with Crippen LogP contribution in [0.4, 0.5) is 11.5 Å². The highest BCUT2D eigenvalue weighted by atomic mass is 32.1. The molecule has 3 rings (SSSR count). The highest BCUT2D eigenvalue weighted by Gasteiger charge is 2.12. The van der Waals surface area contributed by atoms with E-state index in [1.165, 1.54) is 4.88 Å². The van der Waals surface area contributed by atoms with Crippen LogP contribution in [-0.4, -0.2) is 24.1 Å². The average molecular weight is 285 g/mol. The summed E-state index contributed by atoms with van der Waals surface area (Å²) in [5.41, 5.74) is 1.06. The zero-order valence-corrected chi connectivity index (χ0v) is 12.4. The van der Waals surface area contributed by atoms with E-state index in [4.69, 9.17) is 4.74 Å². The van der Waals surface area contributed by atoms with Gasteiger partial charge < -0.3 is 9.64 Å². The average Bonchev–Trinajstić information content (AvgIpc) is 2.86. The van der Waals surface area contributed by atoms with E-state index < -0.39 is 0 Å². The minimum atomic E-state index is 0.848. The van der Waals surface area contributed by atoms with E-state index in [0.29, 0.717) is 0 Å². The van der Waals surface area contributed by atoms with E-state index in [1.807, 2.05) is 31.3 Å². The summed E-state index contributed by atoms with van der Waals surface area (Å²) in [5, 5.41) is 1.09. The molecule has 0 amide bonds. The van der Waals surface area contributed by atoms with Crippen LogP contribution in [0.1, 0.15) is 4.88 Å². The molecule has 0 unspecified atom stereocenters. The van der Waals surface area contributed by atoms with Gasteiger partial charge in [0.05, 0.1) is 12.5 Å². The zero-order valence-electron chi connectivity index (χ0n) is 11.6. The molecule has 1 aromatic carbocycles. The molecule has 2 heterocycles. The standard InChI is InChI=1S/C15H15N3OS/c1-10-8-13-14(16-9-17-15(13)20-10)18(2)11-4-6-12(19-3)7-5-11/h4-9H,1-3H3. The normalized spacial score (nSPS) is 10.8. The van der Waals surface area contributed by atoms with Crippen molar-refractivity contribution >= 4 is 33.1 Å². The second kappa shape index (κ2) is 5.09. The monoisotopic (exact) mass is 285 g/mol. The van der Waals surface area contributed by atoms with E-state index >= 15 is 0 Å². The molecule has 0 fully saturated rings. The predicted octanol–water partition coefficient (Wildman–Crippen LogP) is 3.78. The molecule has 0 spiro atoms. The van der Waals surface area contributed by atoms with Crippen LogP contribution in [0.3, 0.4) is 0 Å². The van der Waals surface area contributed by atoms with Gasteiger partial charge >= 0.3 is 0 Å². The third-order valence-electron chi connectivity index (χ3n) is 3.21. The lowest BCUT2D eigenvalue weighted by Gasteiger charge is -2.19. The zero-order chi connectivity index (χ0) is 14.1. The molecular weight excluding hydrogens is 270 g/mol. The molecular formula is C15H15N3OS. The Kier molecular flexibility index (Phi) is 3.28. The molecule has 4 nitrogen and oxygen atoms in total. The number of benzene rings is 1. The third kappa shape index (κ3) is 2.20. The first-order valence-electron chi connectivity index (χ1n) is 6.28. The molecule has 0 bridgehead atoms. The van der Waals surface area contributed by atoms with Gasteiger partial charge in [0.2, 0.25) is 0 Å². The minimum absolute atomic E-state index is 0.848. The van der Waals surface area contributed by atoms with Crippen molar-refractivity contribution in [2.45, 2.75) is 6.92 Å². The maximum Gasteiger partial charge on any atom is 0.144 e. The number of hydrogen-bond acceptors (Lipinski definition) is 5. The van der Waals surface area contributed by atoms with Gasteiger partial charge in [0.15, 0.2) is 0 Å². The molecule has 0 saturated heterocycles. The Labute approximate surface area is 121 Å². The van der Waals surface area contributed by atoms with Crippen molar-refractivity contribution < 1.29 is 4.74 Å². The van der Waals surface area contributed by atoms with Crippen molar-refractivity contribution in [2.24, 2.45) is 0 Å². The van der Waals surface area contributed by atoms with Crippen molar-refractivity contribution in [1.29, 1.82) is 0 Å². The van der Waals surface area contributed by atoms with E-state index in [2.05, 4.69) is 27.9 Å². The van der Waals surface area contributed by atoms with Gasteiger partial charge in [-0.3, -0.25) is 0 Å². The first-order valence-corrected chi connectivity index (χ1v) is 7.09. The van der Waals surface area contributed by atoms with Gasteiger partial charge in [-0.15, -0.1) is 11.3 Å². The molecule has 0 radical (unpaired) electrons. The van der Waals surface area contributed by atoms with E-state index in [-0.39, 0.29) is 0 Å². The fraction of sp³-hybridized carbons (Fsp3) is 0.200. The van der Waals surface area contributed by atoms with Crippen LogP contribution in [0, 0.1) is 6.92 Å². The number of thiophene rings is 1. The fourth-order valence-corrected chi connectivity index (χ4v) is 3.00. The van der Waals surface area contributed by atoms with Gasteiger partial charge in [0, 0.05) is 17.6 Å². The lowest BCUT2D eigenvalue weighted by atomic mass is 10.2. The summed E-state index contributed by atoms with van der Waals surface area (Å²) in [7, 11) is 3.68. The summed E-state index contributed by atoms with van der Waals surface area (Å²) in [6.45, 7) is 2.09. The van der Waals surface area contributed by atoms with Gasteiger partial charge in [0.1, 0.15) is 22.7 Å². The Morgan fingerprint density at radius 3 is 2.60 bits per heavy atom. The lowest BCUT2D eigenvalue weighted by molar-refractivity contribution is 0.415. The summed E-state index contributed by atoms with van der Waals surface area (Å²) in [6.07, 6.45) is 1.62. The van der Waals surface area contributed by atoms with Gasteiger partial charge in [-0.25, -0.2) is 9.97 Å². The quantitative estimate of drug-likeness (QED) is 0.734. The second-order valence-corrected chi connectivity index (χ2v) is 5.76. The van der Waals surface area contributed by atoms with Crippen molar-refractivity contribution in [3.63, 3.8) is 0 Å². The number of anilines is 2. The summed E-state index contributed by atoms with van der Waals surface area (Å²) < 4.78 is 5.19. The number of methoxy groups -OCH3 is 1. The minimum Gasteiger partial charge on any atom is -0.497 e. The molecule has 0 aliphatic heterocycles. The maximum absolute atomic E-state index is 5.19. The van der Waals surface area contributed by atoms with Crippen molar-refractivity contribution in [3.8, 4) is 5.75 Å². The topological polar surface area (TPSA) is 38.2 Å². The molecule has 102 valence electrons. The number of ether oxygens (including phenoxy) is 1. The number of fused-ring (bicyclic) bond motifs is 1. The Hall–Kier alpha value is -2.14. The Bertz CT molecular complexity index is 736. The largest absolute Gasteiger partial charge is 0.497 e. The van der Waals surface area contributed by atoms with Crippen LogP contribution in [0.15, 0.2) is 36.7 Å². The number of rotatable bonds is 3. The Balaban J connectivity index is 2.04.